The van der Waals surface area contributed by atoms with E-state index in [0.717, 1.165) is 15.6 Å². The van der Waals surface area contributed by atoms with E-state index in [9.17, 15) is 17.8 Å². The zero-order chi connectivity index (χ0) is 22.6. The molecule has 0 saturated carbocycles. The molecule has 0 fully saturated rings. The molecule has 3 rings (SSSR count). The molecule has 0 aliphatic heterocycles. The summed E-state index contributed by atoms with van der Waals surface area (Å²) < 4.78 is 45.1. The average Bonchev–Trinajstić information content (AvgIpc) is 3.14. The van der Waals surface area contributed by atoms with Gasteiger partial charge in [-0.15, -0.1) is 0 Å². The second-order valence-electron chi connectivity index (χ2n) is 6.32. The van der Waals surface area contributed by atoms with Crippen LogP contribution < -0.4 is 9.04 Å². The highest BCUT2D eigenvalue weighted by atomic mass is 35.5. The number of hydrogen-bond acceptors (Lipinski definition) is 7. The second kappa shape index (κ2) is 9.65. The molecule has 31 heavy (non-hydrogen) atoms. The Hall–Kier alpha value is -2.66. The van der Waals surface area contributed by atoms with Crippen LogP contribution >= 0.6 is 22.9 Å². The summed E-state index contributed by atoms with van der Waals surface area (Å²) in [5.74, 6) is -0.0473. The molecule has 0 spiro atoms. The van der Waals surface area contributed by atoms with Crippen molar-refractivity contribution in [2.75, 3.05) is 18.5 Å². The zero-order valence-corrected chi connectivity index (χ0v) is 19.0. The number of anilines is 1. The molecule has 2 aromatic carbocycles. The molecule has 1 N–H and O–H groups in total. The Morgan fingerprint density at radius 2 is 1.84 bits per heavy atom. The smallest absolute Gasteiger partial charge is 0.362 e. The first-order valence-electron chi connectivity index (χ1n) is 8.92. The Bertz CT molecular complexity index is 1180. The van der Waals surface area contributed by atoms with Crippen LogP contribution in [0.25, 0.3) is 11.3 Å². The second-order valence-corrected chi connectivity index (χ2v) is 9.16. The number of hydrogen-bond donors (Lipinski definition) is 1. The minimum absolute atomic E-state index is 0.00254. The van der Waals surface area contributed by atoms with Gasteiger partial charge < -0.3 is 9.47 Å². The highest BCUT2D eigenvalue weighted by Gasteiger charge is 2.27. The van der Waals surface area contributed by atoms with Crippen LogP contribution in [-0.2, 0) is 32.8 Å². The molecule has 0 aliphatic rings. The molecule has 164 valence electrons. The first-order chi connectivity index (χ1) is 14.7. The number of methoxy groups -OCH3 is 2. The SMILES string of the molecule is COC(=O)Cc1sc(N(Cc2ccccc2OC)S(=O)(=O)O)nc1-c1ccc(Cl)cc1. The molecule has 1 heterocycles. The maximum atomic E-state index is 12.2. The maximum absolute atomic E-state index is 12.2. The molecular weight excluding hydrogens is 464 g/mol. The number of carbonyl (C=O) groups excluding carboxylic acids is 1. The Kier molecular flexibility index (Phi) is 7.16. The molecule has 0 bridgehead atoms. The number of benzene rings is 2. The lowest BCUT2D eigenvalue weighted by Gasteiger charge is -2.19. The fourth-order valence-corrected chi connectivity index (χ4v) is 4.87. The summed E-state index contributed by atoms with van der Waals surface area (Å²) in [5.41, 5.74) is 1.56. The van der Waals surface area contributed by atoms with Crippen molar-refractivity contribution in [2.24, 2.45) is 0 Å². The minimum atomic E-state index is -4.68. The summed E-state index contributed by atoms with van der Waals surface area (Å²) in [7, 11) is -1.95. The van der Waals surface area contributed by atoms with Gasteiger partial charge in [-0.05, 0) is 18.2 Å². The van der Waals surface area contributed by atoms with Crippen LogP contribution in [0.5, 0.6) is 5.75 Å². The maximum Gasteiger partial charge on any atom is 0.362 e. The van der Waals surface area contributed by atoms with Gasteiger partial charge in [0, 0.05) is 21.0 Å². The molecule has 3 aromatic rings. The van der Waals surface area contributed by atoms with Gasteiger partial charge in [0.15, 0.2) is 0 Å². The first kappa shape index (κ1) is 23.0. The largest absolute Gasteiger partial charge is 0.496 e. The number of aromatic nitrogens is 1. The number of thiazole rings is 1. The van der Waals surface area contributed by atoms with Gasteiger partial charge in [-0.3, -0.25) is 9.35 Å². The van der Waals surface area contributed by atoms with Gasteiger partial charge in [0.2, 0.25) is 5.13 Å². The Morgan fingerprint density at radius 1 is 1.16 bits per heavy atom. The molecule has 0 unspecified atom stereocenters. The van der Waals surface area contributed by atoms with Crippen LogP contribution in [0.1, 0.15) is 10.4 Å². The molecule has 0 atom stereocenters. The van der Waals surface area contributed by atoms with Crippen molar-refractivity contribution in [3.8, 4) is 17.0 Å². The van der Waals surface area contributed by atoms with Gasteiger partial charge in [0.05, 0.1) is 32.9 Å². The lowest BCUT2D eigenvalue weighted by Crippen LogP contribution is -2.29. The fourth-order valence-electron chi connectivity index (χ4n) is 2.84. The number of ether oxygens (including phenoxy) is 2. The highest BCUT2D eigenvalue weighted by molar-refractivity contribution is 7.87. The molecule has 8 nitrogen and oxygen atoms in total. The van der Waals surface area contributed by atoms with E-state index in [1.807, 2.05) is 0 Å². The van der Waals surface area contributed by atoms with Crippen LogP contribution in [0.2, 0.25) is 5.02 Å². The van der Waals surface area contributed by atoms with Crippen molar-refractivity contribution in [3.63, 3.8) is 0 Å². The molecule has 11 heteroatoms. The van der Waals surface area contributed by atoms with E-state index in [1.165, 1.54) is 14.2 Å². The topological polar surface area (TPSA) is 106 Å². The van der Waals surface area contributed by atoms with Gasteiger partial charge in [-0.1, -0.05) is 53.3 Å². The number of rotatable bonds is 8. The summed E-state index contributed by atoms with van der Waals surface area (Å²) in [6.45, 7) is -0.214. The standard InChI is InChI=1S/C20H19ClN2O6S2/c1-28-16-6-4-3-5-14(16)12-23(31(25,26)27)20-22-19(13-7-9-15(21)10-8-13)17(30-20)11-18(24)29-2/h3-10H,11-12H2,1-2H3,(H,25,26,27). The van der Waals surface area contributed by atoms with E-state index >= 15 is 0 Å². The van der Waals surface area contributed by atoms with Crippen LogP contribution in [0.3, 0.4) is 0 Å². The monoisotopic (exact) mass is 482 g/mol. The van der Waals surface area contributed by atoms with Gasteiger partial charge in [-0.2, -0.15) is 8.42 Å². The summed E-state index contributed by atoms with van der Waals surface area (Å²) in [4.78, 5) is 16.8. The quantitative estimate of drug-likeness (QED) is 0.382. The summed E-state index contributed by atoms with van der Waals surface area (Å²) in [6.07, 6.45) is -0.111. The van der Waals surface area contributed by atoms with E-state index in [4.69, 9.17) is 21.1 Å². The predicted octanol–water partition coefficient (Wildman–Crippen LogP) is 4.00. The first-order valence-corrected chi connectivity index (χ1v) is 11.5. The highest BCUT2D eigenvalue weighted by Crippen LogP contribution is 2.36. The Balaban J connectivity index is 2.09. The summed E-state index contributed by atoms with van der Waals surface area (Å²) in [5, 5.41) is 0.515. The molecule has 0 saturated heterocycles. The van der Waals surface area contributed by atoms with E-state index in [-0.39, 0.29) is 18.1 Å². The Labute approximate surface area is 188 Å². The summed E-state index contributed by atoms with van der Waals surface area (Å²) >= 11 is 6.93. The number of carbonyl (C=O) groups is 1. The van der Waals surface area contributed by atoms with Crippen LogP contribution in [0, 0.1) is 0 Å². The number of para-hydroxylation sites is 1. The van der Waals surface area contributed by atoms with Crippen LogP contribution in [0.4, 0.5) is 5.13 Å². The molecule has 0 radical (unpaired) electrons. The van der Waals surface area contributed by atoms with Gasteiger partial charge in [0.25, 0.3) is 0 Å². The average molecular weight is 483 g/mol. The lowest BCUT2D eigenvalue weighted by atomic mass is 10.1. The zero-order valence-electron chi connectivity index (χ0n) is 16.6. The van der Waals surface area contributed by atoms with Crippen LogP contribution in [0.15, 0.2) is 48.5 Å². The molecular formula is C20H19ClN2O6S2. The fraction of sp³-hybridized carbons (Fsp3) is 0.200. The van der Waals surface area contributed by atoms with Crippen molar-refractivity contribution in [1.29, 1.82) is 0 Å². The van der Waals surface area contributed by atoms with E-state index in [1.54, 1.807) is 48.5 Å². The van der Waals surface area contributed by atoms with E-state index in [0.29, 0.717) is 32.5 Å². The van der Waals surface area contributed by atoms with Gasteiger partial charge in [-0.25, -0.2) is 9.29 Å². The van der Waals surface area contributed by atoms with E-state index in [2.05, 4.69) is 4.98 Å². The predicted molar refractivity (Wildman–Crippen MR) is 119 cm³/mol. The Morgan fingerprint density at radius 3 is 2.45 bits per heavy atom. The third kappa shape index (κ3) is 5.53. The lowest BCUT2D eigenvalue weighted by molar-refractivity contribution is -0.139. The van der Waals surface area contributed by atoms with Crippen molar-refractivity contribution < 1.29 is 27.2 Å². The third-order valence-electron chi connectivity index (χ3n) is 4.33. The normalized spacial score (nSPS) is 11.2. The third-order valence-corrected chi connectivity index (χ3v) is 6.64. The molecule has 1 aromatic heterocycles. The summed E-state index contributed by atoms with van der Waals surface area (Å²) in [6, 6.07) is 13.6. The van der Waals surface area contributed by atoms with Crippen molar-refractivity contribution in [1.82, 2.24) is 4.98 Å². The molecule has 0 amide bonds. The van der Waals surface area contributed by atoms with Gasteiger partial charge >= 0.3 is 16.3 Å². The van der Waals surface area contributed by atoms with Crippen molar-refractivity contribution in [3.05, 3.63) is 64.0 Å². The number of nitrogens with zero attached hydrogens (tertiary/aromatic N) is 2. The van der Waals surface area contributed by atoms with Gasteiger partial charge in [0.1, 0.15) is 5.75 Å². The van der Waals surface area contributed by atoms with Crippen molar-refractivity contribution in [2.45, 2.75) is 13.0 Å². The van der Waals surface area contributed by atoms with E-state index < -0.39 is 16.3 Å². The molecule has 0 aliphatic carbocycles. The number of esters is 1. The van der Waals surface area contributed by atoms with Crippen LogP contribution in [-0.4, -0.2) is 38.1 Å². The minimum Gasteiger partial charge on any atom is -0.496 e. The van der Waals surface area contributed by atoms with Crippen molar-refractivity contribution >= 4 is 44.3 Å². The number of halogens is 1.